The molecule has 0 spiro atoms. The average Bonchev–Trinajstić information content (AvgIpc) is 2.30. The molecule has 0 aliphatic rings. The number of nitrogens with zero attached hydrogens (tertiary/aromatic N) is 1. The van der Waals surface area contributed by atoms with Crippen LogP contribution in [0.5, 0.6) is 5.75 Å². The van der Waals surface area contributed by atoms with Gasteiger partial charge in [0.05, 0.1) is 0 Å². The summed E-state index contributed by atoms with van der Waals surface area (Å²) in [4.78, 5) is 13.7. The van der Waals surface area contributed by atoms with E-state index in [0.29, 0.717) is 13.0 Å². The Balaban J connectivity index is 2.61. The lowest BCUT2D eigenvalue weighted by atomic mass is 9.85. The number of amides is 1. The monoisotopic (exact) mass is 264 g/mol. The van der Waals surface area contributed by atoms with E-state index in [2.05, 4.69) is 0 Å². The van der Waals surface area contributed by atoms with Gasteiger partial charge in [-0.2, -0.15) is 0 Å². The molecule has 0 fully saturated rings. The van der Waals surface area contributed by atoms with Crippen LogP contribution in [0.2, 0.25) is 0 Å². The molecule has 0 radical (unpaired) electrons. The molecule has 4 heteroatoms. The van der Waals surface area contributed by atoms with Crippen molar-refractivity contribution in [2.24, 2.45) is 11.1 Å². The minimum absolute atomic E-state index is 0.00863. The van der Waals surface area contributed by atoms with Crippen LogP contribution in [0.1, 0.15) is 32.8 Å². The lowest BCUT2D eigenvalue weighted by Crippen LogP contribution is -2.40. The van der Waals surface area contributed by atoms with Crippen LogP contribution in [0.3, 0.4) is 0 Å². The number of hydrogen-bond donors (Lipinski definition) is 2. The highest BCUT2D eigenvalue weighted by Gasteiger charge is 2.24. The summed E-state index contributed by atoms with van der Waals surface area (Å²) in [5.74, 6) is 0.202. The molecule has 1 unspecified atom stereocenters. The third kappa shape index (κ3) is 4.56. The number of phenolic OH excluding ortho intramolecular Hbond substituents is 1. The Bertz CT molecular complexity index is 438. The molecule has 19 heavy (non-hydrogen) atoms. The second-order valence-electron chi connectivity index (χ2n) is 6.06. The van der Waals surface area contributed by atoms with E-state index in [4.69, 9.17) is 5.73 Å². The van der Waals surface area contributed by atoms with Crippen molar-refractivity contribution in [2.45, 2.75) is 39.8 Å². The van der Waals surface area contributed by atoms with Gasteiger partial charge in [0.1, 0.15) is 5.75 Å². The van der Waals surface area contributed by atoms with Crippen molar-refractivity contribution in [1.29, 1.82) is 0 Å². The zero-order valence-corrected chi connectivity index (χ0v) is 12.2. The summed E-state index contributed by atoms with van der Waals surface area (Å²) in [5, 5.41) is 9.69. The topological polar surface area (TPSA) is 66.6 Å². The van der Waals surface area contributed by atoms with E-state index in [9.17, 15) is 9.90 Å². The number of carbonyl (C=O) groups excluding carboxylic acids is 1. The van der Waals surface area contributed by atoms with Gasteiger partial charge in [-0.3, -0.25) is 4.79 Å². The number of benzene rings is 1. The first-order valence-electron chi connectivity index (χ1n) is 6.48. The Kier molecular flexibility index (Phi) is 4.95. The minimum Gasteiger partial charge on any atom is -0.508 e. The first-order chi connectivity index (χ1) is 8.71. The first kappa shape index (κ1) is 15.5. The lowest BCUT2D eigenvalue weighted by molar-refractivity contribution is -0.131. The largest absolute Gasteiger partial charge is 0.508 e. The van der Waals surface area contributed by atoms with Crippen molar-refractivity contribution in [3.63, 3.8) is 0 Å². The zero-order valence-electron chi connectivity index (χ0n) is 12.2. The number of para-hydroxylation sites is 1. The molecule has 0 saturated carbocycles. The van der Waals surface area contributed by atoms with Gasteiger partial charge in [-0.15, -0.1) is 0 Å². The van der Waals surface area contributed by atoms with Crippen molar-refractivity contribution in [3.8, 4) is 5.75 Å². The molecule has 0 aromatic heterocycles. The summed E-state index contributed by atoms with van der Waals surface area (Å²) in [6, 6.07) is 6.86. The predicted molar refractivity (Wildman–Crippen MR) is 76.6 cm³/mol. The van der Waals surface area contributed by atoms with E-state index in [-0.39, 0.29) is 23.1 Å². The first-order valence-corrected chi connectivity index (χ1v) is 6.48. The van der Waals surface area contributed by atoms with E-state index in [1.54, 1.807) is 24.1 Å². The van der Waals surface area contributed by atoms with Gasteiger partial charge in [0.25, 0.3) is 0 Å². The van der Waals surface area contributed by atoms with Crippen molar-refractivity contribution in [2.75, 3.05) is 7.05 Å². The maximum Gasteiger partial charge on any atom is 0.224 e. The molecule has 1 atom stereocenters. The zero-order chi connectivity index (χ0) is 14.6. The normalized spacial score (nSPS) is 13.1. The van der Waals surface area contributed by atoms with Crippen molar-refractivity contribution >= 4 is 5.91 Å². The van der Waals surface area contributed by atoms with Crippen LogP contribution in [-0.4, -0.2) is 29.0 Å². The van der Waals surface area contributed by atoms with Crippen LogP contribution in [0.4, 0.5) is 0 Å². The standard InChI is InChI=1S/C15H24N2O2/c1-15(2,3)13(16)9-14(19)17(4)10-11-7-5-6-8-12(11)18/h5-8,13,18H,9-10,16H2,1-4H3. The third-order valence-corrected chi connectivity index (χ3v) is 3.33. The molecular formula is C15H24N2O2. The van der Waals surface area contributed by atoms with Crippen LogP contribution >= 0.6 is 0 Å². The molecule has 0 heterocycles. The molecule has 0 aliphatic heterocycles. The molecule has 0 aliphatic carbocycles. The molecule has 1 aromatic carbocycles. The van der Waals surface area contributed by atoms with Gasteiger partial charge in [-0.1, -0.05) is 39.0 Å². The van der Waals surface area contributed by atoms with Crippen molar-refractivity contribution < 1.29 is 9.90 Å². The number of aromatic hydroxyl groups is 1. The van der Waals surface area contributed by atoms with Crippen LogP contribution < -0.4 is 5.73 Å². The van der Waals surface area contributed by atoms with E-state index >= 15 is 0 Å². The van der Waals surface area contributed by atoms with Gasteiger partial charge in [0.15, 0.2) is 0 Å². The molecule has 1 aromatic rings. The van der Waals surface area contributed by atoms with E-state index < -0.39 is 0 Å². The predicted octanol–water partition coefficient (Wildman–Crippen LogP) is 2.11. The maximum atomic E-state index is 12.1. The van der Waals surface area contributed by atoms with Crippen molar-refractivity contribution in [3.05, 3.63) is 29.8 Å². The fourth-order valence-corrected chi connectivity index (χ4v) is 1.64. The van der Waals surface area contributed by atoms with Gasteiger partial charge in [-0.05, 0) is 11.5 Å². The molecule has 0 saturated heterocycles. The van der Waals surface area contributed by atoms with Gasteiger partial charge in [0, 0.05) is 31.6 Å². The van der Waals surface area contributed by atoms with Gasteiger partial charge >= 0.3 is 0 Å². The summed E-state index contributed by atoms with van der Waals surface area (Å²) < 4.78 is 0. The van der Waals surface area contributed by atoms with Crippen molar-refractivity contribution in [1.82, 2.24) is 4.90 Å². The molecule has 106 valence electrons. The number of nitrogens with two attached hydrogens (primary N) is 1. The molecule has 1 amide bonds. The Hall–Kier alpha value is -1.55. The Labute approximate surface area is 115 Å². The molecule has 3 N–H and O–H groups in total. The second kappa shape index (κ2) is 6.06. The smallest absolute Gasteiger partial charge is 0.224 e. The van der Waals surface area contributed by atoms with Crippen LogP contribution in [0.15, 0.2) is 24.3 Å². The van der Waals surface area contributed by atoms with Crippen LogP contribution in [-0.2, 0) is 11.3 Å². The summed E-state index contributed by atoms with van der Waals surface area (Å²) in [6.07, 6.45) is 0.313. The highest BCUT2D eigenvalue weighted by Crippen LogP contribution is 2.21. The van der Waals surface area contributed by atoms with Crippen LogP contribution in [0.25, 0.3) is 0 Å². The molecular weight excluding hydrogens is 240 g/mol. The van der Waals surface area contributed by atoms with Gasteiger partial charge < -0.3 is 15.7 Å². The number of carbonyl (C=O) groups is 1. The minimum atomic E-state index is -0.174. The summed E-state index contributed by atoms with van der Waals surface area (Å²) >= 11 is 0. The fourth-order valence-electron chi connectivity index (χ4n) is 1.64. The average molecular weight is 264 g/mol. The van der Waals surface area contributed by atoms with E-state index in [1.807, 2.05) is 32.9 Å². The molecule has 0 bridgehead atoms. The number of hydrogen-bond acceptors (Lipinski definition) is 3. The maximum absolute atomic E-state index is 12.1. The number of phenols is 1. The second-order valence-corrected chi connectivity index (χ2v) is 6.06. The molecule has 4 nitrogen and oxygen atoms in total. The Morgan fingerprint density at radius 3 is 2.47 bits per heavy atom. The summed E-state index contributed by atoms with van der Waals surface area (Å²) in [6.45, 7) is 6.46. The third-order valence-electron chi connectivity index (χ3n) is 3.33. The van der Waals surface area contributed by atoms with Gasteiger partial charge in [-0.25, -0.2) is 0 Å². The fraction of sp³-hybridized carbons (Fsp3) is 0.533. The SMILES string of the molecule is CN(Cc1ccccc1O)C(=O)CC(N)C(C)(C)C. The number of rotatable bonds is 4. The summed E-state index contributed by atoms with van der Waals surface area (Å²) in [7, 11) is 1.73. The Morgan fingerprint density at radius 1 is 1.37 bits per heavy atom. The highest BCUT2D eigenvalue weighted by molar-refractivity contribution is 5.76. The van der Waals surface area contributed by atoms with E-state index in [0.717, 1.165) is 5.56 Å². The molecule has 1 rings (SSSR count). The van der Waals surface area contributed by atoms with Crippen LogP contribution in [0, 0.1) is 5.41 Å². The highest BCUT2D eigenvalue weighted by atomic mass is 16.3. The Morgan fingerprint density at radius 2 is 1.95 bits per heavy atom. The summed E-state index contributed by atoms with van der Waals surface area (Å²) in [5.41, 5.74) is 6.66. The van der Waals surface area contributed by atoms with E-state index in [1.165, 1.54) is 0 Å². The quantitative estimate of drug-likeness (QED) is 0.875. The lowest BCUT2D eigenvalue weighted by Gasteiger charge is -2.28. The van der Waals surface area contributed by atoms with Gasteiger partial charge in [0.2, 0.25) is 5.91 Å².